The van der Waals surface area contributed by atoms with Crippen LogP contribution in [-0.4, -0.2) is 36.3 Å². The second kappa shape index (κ2) is 6.23. The van der Waals surface area contributed by atoms with E-state index in [1.165, 1.54) is 6.07 Å². The van der Waals surface area contributed by atoms with Gasteiger partial charge >= 0.3 is 0 Å². The number of sulfonamides is 1. The Morgan fingerprint density at radius 3 is 2.45 bits per heavy atom. The third kappa shape index (κ3) is 3.31. The van der Waals surface area contributed by atoms with Crippen LogP contribution in [0, 0.1) is 0 Å². The maximum absolute atomic E-state index is 12.7. The summed E-state index contributed by atoms with van der Waals surface area (Å²) in [7, 11) is -3.48. The maximum atomic E-state index is 12.7. The minimum absolute atomic E-state index is 0.242. The zero-order valence-corrected chi connectivity index (χ0v) is 13.9. The lowest BCUT2D eigenvalue weighted by atomic mass is 10.2. The maximum Gasteiger partial charge on any atom is 0.243 e. The topological polar surface area (TPSA) is 63.4 Å². The minimum Gasteiger partial charge on any atom is -0.326 e. The summed E-state index contributed by atoms with van der Waals surface area (Å²) in [5, 5.41) is 1.00. The molecule has 1 aromatic rings. The molecule has 0 amide bonds. The average molecular weight is 335 g/mol. The molecule has 1 saturated heterocycles. The molecule has 0 bridgehead atoms. The van der Waals surface area contributed by atoms with Gasteiger partial charge in [-0.1, -0.05) is 31.5 Å². The van der Waals surface area contributed by atoms with E-state index in [1.54, 1.807) is 16.4 Å². The minimum atomic E-state index is -3.48. The first kappa shape index (κ1) is 16.1. The summed E-state index contributed by atoms with van der Waals surface area (Å²) in [6.45, 7) is 5.47. The second-order valence-corrected chi connectivity index (χ2v) is 9.26. The van der Waals surface area contributed by atoms with Crippen LogP contribution in [0.3, 0.4) is 0 Å². The van der Waals surface area contributed by atoms with Crippen molar-refractivity contribution in [2.24, 2.45) is 5.73 Å². The van der Waals surface area contributed by atoms with Crippen LogP contribution in [0.5, 0.6) is 0 Å². The van der Waals surface area contributed by atoms with Crippen molar-refractivity contribution in [3.05, 3.63) is 28.8 Å². The third-order valence-electron chi connectivity index (χ3n) is 3.27. The van der Waals surface area contributed by atoms with Crippen molar-refractivity contribution in [3.63, 3.8) is 0 Å². The van der Waals surface area contributed by atoms with Gasteiger partial charge in [0.05, 0.1) is 4.90 Å². The van der Waals surface area contributed by atoms with Gasteiger partial charge in [0.1, 0.15) is 0 Å². The summed E-state index contributed by atoms with van der Waals surface area (Å²) in [6, 6.07) is 4.76. The highest BCUT2D eigenvalue weighted by molar-refractivity contribution is 8.00. The van der Waals surface area contributed by atoms with Crippen LogP contribution >= 0.6 is 23.4 Å². The smallest absolute Gasteiger partial charge is 0.243 e. The number of halogens is 1. The van der Waals surface area contributed by atoms with Gasteiger partial charge in [0, 0.05) is 35.2 Å². The molecule has 1 heterocycles. The Labute approximate surface area is 129 Å². The molecule has 2 rings (SSSR count). The van der Waals surface area contributed by atoms with Gasteiger partial charge in [-0.15, -0.1) is 0 Å². The molecule has 112 valence electrons. The molecule has 2 N–H and O–H groups in total. The largest absolute Gasteiger partial charge is 0.326 e. The number of rotatable bonds is 3. The highest BCUT2D eigenvalue weighted by atomic mass is 35.5. The van der Waals surface area contributed by atoms with Crippen molar-refractivity contribution in [1.82, 2.24) is 4.31 Å². The quantitative estimate of drug-likeness (QED) is 0.921. The first-order valence-corrected chi connectivity index (χ1v) is 9.24. The standard InChI is InChI=1S/C13H19ClN2O2S2/c1-9-7-16(8-10(2)19-9)20(17,18)12-4-3-11(6-15)13(14)5-12/h3-5,9-10H,6-8,15H2,1-2H3. The van der Waals surface area contributed by atoms with E-state index in [0.717, 1.165) is 5.56 Å². The summed E-state index contributed by atoms with van der Waals surface area (Å²) in [4.78, 5) is 0.242. The lowest BCUT2D eigenvalue weighted by Gasteiger charge is -2.33. The molecule has 2 atom stereocenters. The van der Waals surface area contributed by atoms with Gasteiger partial charge in [0.15, 0.2) is 0 Å². The highest BCUT2D eigenvalue weighted by Crippen LogP contribution is 2.30. The lowest BCUT2D eigenvalue weighted by molar-refractivity contribution is 0.405. The van der Waals surface area contributed by atoms with Crippen molar-refractivity contribution < 1.29 is 8.42 Å². The molecule has 0 aromatic heterocycles. The molecule has 0 spiro atoms. The molecular formula is C13H19ClN2O2S2. The Kier molecular flexibility index (Phi) is 5.02. The van der Waals surface area contributed by atoms with Gasteiger partial charge in [-0.25, -0.2) is 8.42 Å². The summed E-state index contributed by atoms with van der Waals surface area (Å²) in [5.41, 5.74) is 6.29. The van der Waals surface area contributed by atoms with Crippen molar-refractivity contribution in [2.45, 2.75) is 35.8 Å². The number of benzene rings is 1. The molecule has 0 aliphatic carbocycles. The van der Waals surface area contributed by atoms with Crippen molar-refractivity contribution in [2.75, 3.05) is 13.1 Å². The fraction of sp³-hybridized carbons (Fsp3) is 0.538. The summed E-state index contributed by atoms with van der Waals surface area (Å²) in [5.74, 6) is 0. The van der Waals surface area contributed by atoms with Crippen LogP contribution in [0.4, 0.5) is 0 Å². The molecule has 1 aromatic carbocycles. The van der Waals surface area contributed by atoms with E-state index < -0.39 is 10.0 Å². The Hall–Kier alpha value is -0.270. The SMILES string of the molecule is CC1CN(S(=O)(=O)c2ccc(CN)c(Cl)c2)CC(C)S1. The second-order valence-electron chi connectivity index (χ2n) is 5.04. The lowest BCUT2D eigenvalue weighted by Crippen LogP contribution is -2.43. The molecule has 1 aliphatic heterocycles. The van der Waals surface area contributed by atoms with Crippen LogP contribution in [-0.2, 0) is 16.6 Å². The van der Waals surface area contributed by atoms with E-state index in [-0.39, 0.29) is 4.90 Å². The fourth-order valence-corrected chi connectivity index (χ4v) is 5.81. The predicted molar refractivity (Wildman–Crippen MR) is 84.6 cm³/mol. The van der Waals surface area contributed by atoms with E-state index in [9.17, 15) is 8.42 Å². The summed E-state index contributed by atoms with van der Waals surface area (Å²) < 4.78 is 26.9. The summed E-state index contributed by atoms with van der Waals surface area (Å²) in [6.07, 6.45) is 0. The molecule has 2 unspecified atom stereocenters. The van der Waals surface area contributed by atoms with Gasteiger partial charge in [0.25, 0.3) is 0 Å². The Balaban J connectivity index is 2.32. The molecule has 1 aliphatic rings. The average Bonchev–Trinajstić information content (AvgIpc) is 2.37. The monoisotopic (exact) mass is 334 g/mol. The van der Waals surface area contributed by atoms with Crippen LogP contribution < -0.4 is 5.73 Å². The molecule has 0 radical (unpaired) electrons. The van der Waals surface area contributed by atoms with Gasteiger partial charge in [0.2, 0.25) is 10.0 Å². The molecule has 1 fully saturated rings. The molecular weight excluding hydrogens is 316 g/mol. The Morgan fingerprint density at radius 2 is 1.95 bits per heavy atom. The normalized spacial score (nSPS) is 24.8. The third-order valence-corrected chi connectivity index (χ3v) is 6.68. The summed E-state index contributed by atoms with van der Waals surface area (Å²) >= 11 is 7.88. The first-order chi connectivity index (χ1) is 9.34. The van der Waals surface area contributed by atoms with Crippen LogP contribution in [0.15, 0.2) is 23.1 Å². The Morgan fingerprint density at radius 1 is 1.35 bits per heavy atom. The molecule has 4 nitrogen and oxygen atoms in total. The molecule has 20 heavy (non-hydrogen) atoms. The molecule has 0 saturated carbocycles. The predicted octanol–water partition coefficient (Wildman–Crippen LogP) is 2.31. The van der Waals surface area contributed by atoms with Crippen molar-refractivity contribution in [1.29, 1.82) is 0 Å². The number of nitrogens with two attached hydrogens (primary N) is 1. The van der Waals surface area contributed by atoms with Gasteiger partial charge in [-0.3, -0.25) is 0 Å². The Bertz CT molecular complexity index is 582. The first-order valence-electron chi connectivity index (χ1n) is 6.48. The number of nitrogens with zero attached hydrogens (tertiary/aromatic N) is 1. The van der Waals surface area contributed by atoms with E-state index in [4.69, 9.17) is 17.3 Å². The van der Waals surface area contributed by atoms with Crippen molar-refractivity contribution in [3.8, 4) is 0 Å². The van der Waals surface area contributed by atoms with Crippen LogP contribution in [0.25, 0.3) is 0 Å². The molecule has 7 heteroatoms. The highest BCUT2D eigenvalue weighted by Gasteiger charge is 2.32. The number of thioether (sulfide) groups is 1. The van der Waals surface area contributed by atoms with Crippen LogP contribution in [0.1, 0.15) is 19.4 Å². The van der Waals surface area contributed by atoms with E-state index in [2.05, 4.69) is 0 Å². The fourth-order valence-electron chi connectivity index (χ4n) is 2.33. The van der Waals surface area contributed by atoms with E-state index in [0.29, 0.717) is 35.2 Å². The van der Waals surface area contributed by atoms with E-state index >= 15 is 0 Å². The van der Waals surface area contributed by atoms with Crippen molar-refractivity contribution >= 4 is 33.4 Å². The van der Waals surface area contributed by atoms with E-state index in [1.807, 2.05) is 25.6 Å². The zero-order valence-electron chi connectivity index (χ0n) is 11.5. The number of hydrogen-bond donors (Lipinski definition) is 1. The zero-order chi connectivity index (χ0) is 14.9. The van der Waals surface area contributed by atoms with Gasteiger partial charge < -0.3 is 5.73 Å². The van der Waals surface area contributed by atoms with Gasteiger partial charge in [-0.05, 0) is 17.7 Å². The van der Waals surface area contributed by atoms with Crippen LogP contribution in [0.2, 0.25) is 5.02 Å². The van der Waals surface area contributed by atoms with Gasteiger partial charge in [-0.2, -0.15) is 16.1 Å². The number of hydrogen-bond acceptors (Lipinski definition) is 4.